The van der Waals surface area contributed by atoms with Gasteiger partial charge < -0.3 is 4.74 Å². The molecule has 112 valence electrons. The maximum Gasteiger partial charge on any atom is 0.309 e. The summed E-state index contributed by atoms with van der Waals surface area (Å²) in [5.41, 5.74) is 0. The molecular weight excluding hydrogens is 240 g/mol. The summed E-state index contributed by atoms with van der Waals surface area (Å²) in [6.45, 7) is 8.55. The molecule has 0 spiro atoms. The number of Topliss-reactive ketones (excluding diaryl/α,β-unsaturated/α-hetero) is 1. The van der Waals surface area contributed by atoms with Gasteiger partial charge in [0.25, 0.3) is 0 Å². The van der Waals surface area contributed by atoms with Crippen molar-refractivity contribution >= 4 is 11.8 Å². The number of rotatable bonds is 11. The predicted molar refractivity (Wildman–Crippen MR) is 78.0 cm³/mol. The van der Waals surface area contributed by atoms with Crippen LogP contribution in [0.4, 0.5) is 0 Å². The molecule has 2 atom stereocenters. The second kappa shape index (κ2) is 11.0. The third-order valence-electron chi connectivity index (χ3n) is 3.35. The van der Waals surface area contributed by atoms with Crippen LogP contribution in [-0.2, 0) is 14.3 Å². The van der Waals surface area contributed by atoms with E-state index in [2.05, 4.69) is 6.92 Å². The minimum atomic E-state index is -0.240. The molecule has 0 rings (SSSR count). The molecule has 3 nitrogen and oxygen atoms in total. The Hall–Kier alpha value is -0.860. The number of carbonyl (C=O) groups is 2. The summed E-state index contributed by atoms with van der Waals surface area (Å²) in [5, 5.41) is 0. The second-order valence-electron chi connectivity index (χ2n) is 5.17. The number of esters is 1. The zero-order chi connectivity index (χ0) is 14.7. The minimum absolute atomic E-state index is 0.144. The van der Waals surface area contributed by atoms with Crippen molar-refractivity contribution < 1.29 is 14.3 Å². The highest BCUT2D eigenvalue weighted by Gasteiger charge is 2.32. The highest BCUT2D eigenvalue weighted by molar-refractivity contribution is 5.86. The standard InChI is InChI=1S/C16H30O3/c1-5-9-13(15(17)11-7-3)14(10-6-2)16(18)19-12-8-4/h13-14H,5-12H2,1-4H3. The quantitative estimate of drug-likeness (QED) is 0.530. The lowest BCUT2D eigenvalue weighted by atomic mass is 9.81. The first kappa shape index (κ1) is 18.1. The summed E-state index contributed by atoms with van der Waals surface area (Å²) in [6.07, 6.45) is 5.64. The summed E-state index contributed by atoms with van der Waals surface area (Å²) in [4.78, 5) is 24.4. The molecule has 0 saturated carbocycles. The average molecular weight is 270 g/mol. The van der Waals surface area contributed by atoms with Gasteiger partial charge in [-0.3, -0.25) is 9.59 Å². The van der Waals surface area contributed by atoms with E-state index in [9.17, 15) is 9.59 Å². The SMILES string of the molecule is CCCOC(=O)C(CCC)C(CCC)C(=O)CCC. The van der Waals surface area contributed by atoms with Gasteiger partial charge in [0.1, 0.15) is 5.78 Å². The maximum absolute atomic E-state index is 12.2. The Kier molecular flexibility index (Phi) is 10.5. The summed E-state index contributed by atoms with van der Waals surface area (Å²) in [5.74, 6) is -0.326. The van der Waals surface area contributed by atoms with E-state index in [-0.39, 0.29) is 23.6 Å². The number of carbonyl (C=O) groups excluding carboxylic acids is 2. The van der Waals surface area contributed by atoms with E-state index in [4.69, 9.17) is 4.74 Å². The Morgan fingerprint density at radius 3 is 1.89 bits per heavy atom. The van der Waals surface area contributed by atoms with Gasteiger partial charge in [0.2, 0.25) is 0 Å². The van der Waals surface area contributed by atoms with Crippen LogP contribution < -0.4 is 0 Å². The van der Waals surface area contributed by atoms with Gasteiger partial charge in [-0.05, 0) is 25.7 Å². The van der Waals surface area contributed by atoms with Gasteiger partial charge in [-0.1, -0.05) is 40.5 Å². The van der Waals surface area contributed by atoms with E-state index in [0.717, 1.165) is 38.5 Å². The highest BCUT2D eigenvalue weighted by Crippen LogP contribution is 2.26. The lowest BCUT2D eigenvalue weighted by Crippen LogP contribution is -2.31. The Morgan fingerprint density at radius 2 is 1.42 bits per heavy atom. The van der Waals surface area contributed by atoms with E-state index >= 15 is 0 Å². The van der Waals surface area contributed by atoms with E-state index in [1.165, 1.54) is 0 Å². The molecule has 0 aliphatic heterocycles. The van der Waals surface area contributed by atoms with Crippen LogP contribution in [0.25, 0.3) is 0 Å². The molecule has 0 radical (unpaired) electrons. The number of hydrogen-bond donors (Lipinski definition) is 0. The van der Waals surface area contributed by atoms with Crippen LogP contribution in [0, 0.1) is 11.8 Å². The van der Waals surface area contributed by atoms with Crippen LogP contribution in [0.1, 0.15) is 72.6 Å². The fraction of sp³-hybridized carbons (Fsp3) is 0.875. The topological polar surface area (TPSA) is 43.4 Å². The maximum atomic E-state index is 12.2. The van der Waals surface area contributed by atoms with Crippen LogP contribution >= 0.6 is 0 Å². The molecular formula is C16H30O3. The molecule has 0 aromatic heterocycles. The van der Waals surface area contributed by atoms with Crippen LogP contribution in [0.5, 0.6) is 0 Å². The van der Waals surface area contributed by atoms with Gasteiger partial charge >= 0.3 is 5.97 Å². The lowest BCUT2D eigenvalue weighted by molar-refractivity contribution is -0.153. The van der Waals surface area contributed by atoms with Crippen molar-refractivity contribution in [3.63, 3.8) is 0 Å². The smallest absolute Gasteiger partial charge is 0.309 e. The monoisotopic (exact) mass is 270 g/mol. The fourth-order valence-corrected chi connectivity index (χ4v) is 2.43. The molecule has 0 aromatic rings. The molecule has 19 heavy (non-hydrogen) atoms. The summed E-state index contributed by atoms with van der Waals surface area (Å²) in [6, 6.07) is 0. The van der Waals surface area contributed by atoms with Crippen LogP contribution in [0.2, 0.25) is 0 Å². The Labute approximate surface area is 118 Å². The molecule has 0 N–H and O–H groups in total. The van der Waals surface area contributed by atoms with Gasteiger partial charge in [0, 0.05) is 12.3 Å². The largest absolute Gasteiger partial charge is 0.465 e. The molecule has 0 saturated heterocycles. The molecule has 3 heteroatoms. The lowest BCUT2D eigenvalue weighted by Gasteiger charge is -2.24. The number of ether oxygens (including phenoxy) is 1. The predicted octanol–water partition coefficient (Wildman–Crippen LogP) is 4.14. The van der Waals surface area contributed by atoms with Gasteiger partial charge in [0.15, 0.2) is 0 Å². The Balaban J connectivity index is 4.82. The first-order valence-electron chi connectivity index (χ1n) is 7.81. The molecule has 0 amide bonds. The second-order valence-corrected chi connectivity index (χ2v) is 5.17. The zero-order valence-electron chi connectivity index (χ0n) is 13.0. The zero-order valence-corrected chi connectivity index (χ0v) is 13.0. The highest BCUT2D eigenvalue weighted by atomic mass is 16.5. The Bertz CT molecular complexity index is 261. The van der Waals surface area contributed by atoms with Gasteiger partial charge in [0.05, 0.1) is 12.5 Å². The van der Waals surface area contributed by atoms with E-state index in [1.807, 2.05) is 20.8 Å². The van der Waals surface area contributed by atoms with Crippen molar-refractivity contribution in [2.45, 2.75) is 72.6 Å². The third-order valence-corrected chi connectivity index (χ3v) is 3.35. The molecule has 0 aliphatic rings. The summed E-state index contributed by atoms with van der Waals surface area (Å²) >= 11 is 0. The van der Waals surface area contributed by atoms with Crippen molar-refractivity contribution in [1.29, 1.82) is 0 Å². The number of hydrogen-bond acceptors (Lipinski definition) is 3. The van der Waals surface area contributed by atoms with E-state index < -0.39 is 0 Å². The van der Waals surface area contributed by atoms with Crippen LogP contribution in [0.3, 0.4) is 0 Å². The van der Waals surface area contributed by atoms with Crippen molar-refractivity contribution in [3.05, 3.63) is 0 Å². The first-order chi connectivity index (χ1) is 9.12. The van der Waals surface area contributed by atoms with Crippen LogP contribution in [-0.4, -0.2) is 18.4 Å². The molecule has 0 aliphatic carbocycles. The normalized spacial score (nSPS) is 13.9. The van der Waals surface area contributed by atoms with Gasteiger partial charge in [-0.25, -0.2) is 0 Å². The molecule has 2 unspecified atom stereocenters. The first-order valence-corrected chi connectivity index (χ1v) is 7.81. The molecule has 0 fully saturated rings. The summed E-state index contributed by atoms with van der Waals surface area (Å²) in [7, 11) is 0. The fourth-order valence-electron chi connectivity index (χ4n) is 2.43. The number of ketones is 1. The van der Waals surface area contributed by atoms with Crippen molar-refractivity contribution in [3.8, 4) is 0 Å². The van der Waals surface area contributed by atoms with Gasteiger partial charge in [-0.2, -0.15) is 0 Å². The van der Waals surface area contributed by atoms with E-state index in [0.29, 0.717) is 13.0 Å². The van der Waals surface area contributed by atoms with E-state index in [1.54, 1.807) is 0 Å². The van der Waals surface area contributed by atoms with Crippen molar-refractivity contribution in [2.24, 2.45) is 11.8 Å². The summed E-state index contributed by atoms with van der Waals surface area (Å²) < 4.78 is 5.27. The third kappa shape index (κ3) is 6.74. The van der Waals surface area contributed by atoms with Gasteiger partial charge in [-0.15, -0.1) is 0 Å². The minimum Gasteiger partial charge on any atom is -0.465 e. The molecule has 0 heterocycles. The van der Waals surface area contributed by atoms with Crippen molar-refractivity contribution in [2.75, 3.05) is 6.61 Å². The van der Waals surface area contributed by atoms with Crippen LogP contribution in [0.15, 0.2) is 0 Å². The molecule has 0 aromatic carbocycles. The average Bonchev–Trinajstić information content (AvgIpc) is 2.40. The Morgan fingerprint density at radius 1 is 0.842 bits per heavy atom. The molecule has 0 bridgehead atoms. The van der Waals surface area contributed by atoms with Crippen molar-refractivity contribution in [1.82, 2.24) is 0 Å².